The van der Waals surface area contributed by atoms with Crippen LogP contribution >= 0.6 is 0 Å². The van der Waals surface area contributed by atoms with Crippen LogP contribution in [0, 0.1) is 41.4 Å². The summed E-state index contributed by atoms with van der Waals surface area (Å²) in [5.74, 6) is 3.19. The molecule has 0 bridgehead atoms. The first-order valence-electron chi connectivity index (χ1n) is 12.5. The molecule has 0 aromatic rings. The molecule has 4 saturated carbocycles. The second-order valence-corrected chi connectivity index (χ2v) is 11.2. The monoisotopic (exact) mass is 416 g/mol. The third kappa shape index (κ3) is 4.97. The molecule has 0 saturated heterocycles. The van der Waals surface area contributed by atoms with Gasteiger partial charge in [0.05, 0.1) is 0 Å². The highest BCUT2D eigenvalue weighted by molar-refractivity contribution is 4.95. The van der Waals surface area contributed by atoms with Crippen LogP contribution in [0.3, 0.4) is 0 Å². The Morgan fingerprint density at radius 2 is 0.862 bits per heavy atom. The SMILES string of the molecule is CC1CCC(C2CCC([C@@H]3CCC(C4CC(F)C(F)C(F)C4)C(F)C3)CC2)CC1. The second kappa shape index (κ2) is 9.47. The van der Waals surface area contributed by atoms with Crippen molar-refractivity contribution in [2.75, 3.05) is 0 Å². The van der Waals surface area contributed by atoms with E-state index < -0.39 is 24.7 Å². The molecule has 4 heteroatoms. The molecule has 29 heavy (non-hydrogen) atoms. The molecule has 0 nitrogen and oxygen atoms in total. The summed E-state index contributed by atoms with van der Waals surface area (Å²) < 4.78 is 56.1. The van der Waals surface area contributed by atoms with Gasteiger partial charge in [0.25, 0.3) is 0 Å². The van der Waals surface area contributed by atoms with E-state index in [0.717, 1.165) is 30.6 Å². The average molecular weight is 417 g/mol. The Hall–Kier alpha value is -0.280. The van der Waals surface area contributed by atoms with Gasteiger partial charge in [0.1, 0.15) is 18.5 Å². The molecule has 0 aromatic carbocycles. The van der Waals surface area contributed by atoms with Gasteiger partial charge in [-0.3, -0.25) is 0 Å². The van der Waals surface area contributed by atoms with Crippen molar-refractivity contribution in [1.29, 1.82) is 0 Å². The average Bonchev–Trinajstić information content (AvgIpc) is 2.72. The first-order chi connectivity index (χ1) is 13.9. The Balaban J connectivity index is 1.24. The molecule has 0 aliphatic heterocycles. The van der Waals surface area contributed by atoms with Gasteiger partial charge in [-0.2, -0.15) is 0 Å². The van der Waals surface area contributed by atoms with E-state index in [2.05, 4.69) is 6.92 Å². The van der Waals surface area contributed by atoms with Crippen molar-refractivity contribution in [1.82, 2.24) is 0 Å². The summed E-state index contributed by atoms with van der Waals surface area (Å²) >= 11 is 0. The lowest BCUT2D eigenvalue weighted by atomic mass is 9.63. The van der Waals surface area contributed by atoms with Crippen molar-refractivity contribution in [3.8, 4) is 0 Å². The molecule has 0 radical (unpaired) electrons. The van der Waals surface area contributed by atoms with Gasteiger partial charge in [0.15, 0.2) is 6.17 Å². The van der Waals surface area contributed by atoms with Crippen LogP contribution in [0.4, 0.5) is 17.6 Å². The quantitative estimate of drug-likeness (QED) is 0.412. The Kier molecular flexibility index (Phi) is 7.16. The summed E-state index contributed by atoms with van der Waals surface area (Å²) in [6.45, 7) is 2.38. The molecule has 4 rings (SSSR count). The molecule has 0 N–H and O–H groups in total. The lowest BCUT2D eigenvalue weighted by molar-refractivity contribution is -0.0292. The smallest absolute Gasteiger partial charge is 0.162 e. The molecular formula is C25H40F4. The van der Waals surface area contributed by atoms with Gasteiger partial charge >= 0.3 is 0 Å². The molecular weight excluding hydrogens is 376 g/mol. The van der Waals surface area contributed by atoms with Crippen LogP contribution in [0.5, 0.6) is 0 Å². The summed E-state index contributed by atoms with van der Waals surface area (Å²) in [5, 5.41) is 0. The van der Waals surface area contributed by atoms with Gasteiger partial charge < -0.3 is 0 Å². The first kappa shape index (κ1) is 21.9. The third-order valence-electron chi connectivity index (χ3n) is 9.43. The maximum Gasteiger partial charge on any atom is 0.162 e. The molecule has 0 aromatic heterocycles. The normalized spacial score (nSPS) is 52.2. The van der Waals surface area contributed by atoms with E-state index in [1.165, 1.54) is 51.4 Å². The van der Waals surface area contributed by atoms with Crippen molar-refractivity contribution in [2.45, 2.75) is 115 Å². The fourth-order valence-corrected chi connectivity index (χ4v) is 7.48. The number of hydrogen-bond acceptors (Lipinski definition) is 0. The lowest BCUT2D eigenvalue weighted by Crippen LogP contribution is -2.43. The van der Waals surface area contributed by atoms with Crippen LogP contribution in [0.1, 0.15) is 90.4 Å². The minimum atomic E-state index is -2.01. The Morgan fingerprint density at radius 3 is 1.38 bits per heavy atom. The van der Waals surface area contributed by atoms with E-state index in [4.69, 9.17) is 0 Å². The molecule has 4 aliphatic rings. The Bertz CT molecular complexity index is 497. The highest BCUT2D eigenvalue weighted by Crippen LogP contribution is 2.49. The molecule has 4 fully saturated rings. The van der Waals surface area contributed by atoms with Crippen LogP contribution < -0.4 is 0 Å². The van der Waals surface area contributed by atoms with E-state index in [1.807, 2.05) is 0 Å². The third-order valence-corrected chi connectivity index (χ3v) is 9.43. The molecule has 4 unspecified atom stereocenters. The molecule has 4 aliphatic carbocycles. The standard InChI is InChI=1S/C25H40F4/c1-15-2-4-16(5-3-15)17-6-8-18(9-7-17)19-10-11-21(22(26)12-19)20-13-23(27)25(29)24(28)14-20/h15-25H,2-14H2,1H3/t15?,16?,17?,18?,19-,20?,21?,22?,23?,24?,25?/m1/s1. The summed E-state index contributed by atoms with van der Waals surface area (Å²) in [7, 11) is 0. The summed E-state index contributed by atoms with van der Waals surface area (Å²) in [4.78, 5) is 0. The van der Waals surface area contributed by atoms with E-state index >= 15 is 4.39 Å². The van der Waals surface area contributed by atoms with E-state index in [0.29, 0.717) is 18.3 Å². The molecule has 5 atom stereocenters. The zero-order valence-corrected chi connectivity index (χ0v) is 18.1. The van der Waals surface area contributed by atoms with Crippen LogP contribution in [0.25, 0.3) is 0 Å². The number of halogens is 4. The van der Waals surface area contributed by atoms with Crippen molar-refractivity contribution >= 4 is 0 Å². The second-order valence-electron chi connectivity index (χ2n) is 11.2. The van der Waals surface area contributed by atoms with Gasteiger partial charge in [-0.05, 0) is 112 Å². The fraction of sp³-hybridized carbons (Fsp3) is 1.00. The number of hydrogen-bond donors (Lipinski definition) is 0. The number of rotatable bonds is 3. The fourth-order valence-electron chi connectivity index (χ4n) is 7.48. The van der Waals surface area contributed by atoms with Crippen LogP contribution in [0.2, 0.25) is 0 Å². The van der Waals surface area contributed by atoms with Crippen LogP contribution in [0.15, 0.2) is 0 Å². The van der Waals surface area contributed by atoms with Crippen LogP contribution in [-0.4, -0.2) is 24.7 Å². The maximum absolute atomic E-state index is 15.1. The molecule has 0 amide bonds. The summed E-state index contributed by atoms with van der Waals surface area (Å²) in [6, 6.07) is 0. The van der Waals surface area contributed by atoms with Gasteiger partial charge in [0.2, 0.25) is 0 Å². The van der Waals surface area contributed by atoms with Crippen molar-refractivity contribution in [3.05, 3.63) is 0 Å². The van der Waals surface area contributed by atoms with E-state index in [-0.39, 0.29) is 24.7 Å². The first-order valence-corrected chi connectivity index (χ1v) is 12.5. The lowest BCUT2D eigenvalue weighted by Gasteiger charge is -2.44. The van der Waals surface area contributed by atoms with Gasteiger partial charge in [0, 0.05) is 0 Å². The predicted molar refractivity (Wildman–Crippen MR) is 110 cm³/mol. The van der Waals surface area contributed by atoms with Gasteiger partial charge in [-0.15, -0.1) is 0 Å². The molecule has 0 spiro atoms. The highest BCUT2D eigenvalue weighted by Gasteiger charge is 2.46. The van der Waals surface area contributed by atoms with Crippen molar-refractivity contribution in [3.63, 3.8) is 0 Å². The number of alkyl halides is 4. The molecule has 168 valence electrons. The van der Waals surface area contributed by atoms with Gasteiger partial charge in [-0.25, -0.2) is 17.6 Å². The van der Waals surface area contributed by atoms with E-state index in [1.54, 1.807) is 0 Å². The minimum Gasteiger partial charge on any atom is -0.247 e. The Morgan fingerprint density at radius 1 is 0.448 bits per heavy atom. The van der Waals surface area contributed by atoms with E-state index in [9.17, 15) is 13.2 Å². The zero-order valence-electron chi connectivity index (χ0n) is 18.1. The minimum absolute atomic E-state index is 0.00243. The van der Waals surface area contributed by atoms with Crippen LogP contribution in [-0.2, 0) is 0 Å². The maximum atomic E-state index is 15.1. The highest BCUT2D eigenvalue weighted by atomic mass is 19.2. The summed E-state index contributed by atoms with van der Waals surface area (Å²) in [6.07, 6.45) is 6.49. The molecule has 0 heterocycles. The summed E-state index contributed by atoms with van der Waals surface area (Å²) in [5.41, 5.74) is 0. The van der Waals surface area contributed by atoms with Gasteiger partial charge in [-0.1, -0.05) is 19.8 Å². The van der Waals surface area contributed by atoms with Crippen molar-refractivity contribution in [2.24, 2.45) is 41.4 Å². The Labute approximate surface area is 174 Å². The topological polar surface area (TPSA) is 0 Å². The largest absolute Gasteiger partial charge is 0.247 e. The van der Waals surface area contributed by atoms with Crippen molar-refractivity contribution < 1.29 is 17.6 Å². The zero-order chi connectivity index (χ0) is 20.5. The predicted octanol–water partition coefficient (Wildman–Crippen LogP) is 7.80.